The highest BCUT2D eigenvalue weighted by Gasteiger charge is 2.20. The van der Waals surface area contributed by atoms with Gasteiger partial charge in [-0.25, -0.2) is 4.68 Å². The van der Waals surface area contributed by atoms with E-state index < -0.39 is 0 Å². The minimum absolute atomic E-state index is 0. The van der Waals surface area contributed by atoms with Crippen molar-refractivity contribution in [3.8, 4) is 5.69 Å². The number of rotatable bonds is 7. The normalized spacial score (nSPS) is 10.5. The molecule has 1 aromatic heterocycles. The van der Waals surface area contributed by atoms with E-state index in [1.54, 1.807) is 10.9 Å². The Labute approximate surface area is 154 Å². The summed E-state index contributed by atoms with van der Waals surface area (Å²) in [6, 6.07) is 7.45. The van der Waals surface area contributed by atoms with Crippen molar-refractivity contribution in [3.63, 3.8) is 0 Å². The lowest BCUT2D eigenvalue weighted by Crippen LogP contribution is -2.26. The number of nitrogens with zero attached hydrogens (tertiary/aromatic N) is 2. The molecule has 0 saturated heterocycles. The standard InChI is InChI=1S/C17H23ClN4O.ClH/c1-12(2)16-15(17(23)20-9-4-3-8-19)11-21-22(16)14-7-5-6-13(18)10-14;/h5-7,10-12H,3-4,8-9,19H2,1-2H3,(H,20,23);1H. The summed E-state index contributed by atoms with van der Waals surface area (Å²) < 4.78 is 1.78. The highest BCUT2D eigenvalue weighted by Crippen LogP contribution is 2.24. The zero-order valence-corrected chi connectivity index (χ0v) is 15.5. The van der Waals surface area contributed by atoms with Gasteiger partial charge in [-0.1, -0.05) is 31.5 Å². The first kappa shape index (κ1) is 20.5. The summed E-state index contributed by atoms with van der Waals surface area (Å²) in [7, 11) is 0. The second kappa shape index (κ2) is 9.67. The molecule has 0 bridgehead atoms. The summed E-state index contributed by atoms with van der Waals surface area (Å²) in [5.41, 5.74) is 7.80. The lowest BCUT2D eigenvalue weighted by Gasteiger charge is -2.13. The van der Waals surface area contributed by atoms with Crippen LogP contribution in [0.3, 0.4) is 0 Å². The van der Waals surface area contributed by atoms with E-state index in [0.717, 1.165) is 24.2 Å². The van der Waals surface area contributed by atoms with Gasteiger partial charge in [0.05, 0.1) is 23.1 Å². The van der Waals surface area contributed by atoms with E-state index in [1.165, 1.54) is 0 Å². The predicted molar refractivity (Wildman–Crippen MR) is 101 cm³/mol. The largest absolute Gasteiger partial charge is 0.352 e. The maximum Gasteiger partial charge on any atom is 0.254 e. The van der Waals surface area contributed by atoms with E-state index in [0.29, 0.717) is 23.7 Å². The highest BCUT2D eigenvalue weighted by molar-refractivity contribution is 6.30. The number of nitrogens with two attached hydrogens (primary N) is 1. The van der Waals surface area contributed by atoms with Gasteiger partial charge in [0, 0.05) is 11.6 Å². The number of unbranched alkanes of at least 4 members (excludes halogenated alkanes) is 1. The van der Waals surface area contributed by atoms with Gasteiger partial charge >= 0.3 is 0 Å². The Kier molecular flexibility index (Phi) is 8.25. The fourth-order valence-electron chi connectivity index (χ4n) is 2.47. The second-order valence-electron chi connectivity index (χ2n) is 5.74. The molecule has 1 heterocycles. The zero-order valence-electron chi connectivity index (χ0n) is 14.0. The Bertz CT molecular complexity index is 670. The number of hydrogen-bond donors (Lipinski definition) is 2. The smallest absolute Gasteiger partial charge is 0.254 e. The minimum Gasteiger partial charge on any atom is -0.352 e. The van der Waals surface area contributed by atoms with Gasteiger partial charge in [-0.3, -0.25) is 4.79 Å². The van der Waals surface area contributed by atoms with E-state index in [9.17, 15) is 4.79 Å². The second-order valence-corrected chi connectivity index (χ2v) is 6.18. The monoisotopic (exact) mass is 370 g/mol. The van der Waals surface area contributed by atoms with Crippen molar-refractivity contribution in [2.75, 3.05) is 13.1 Å². The number of amides is 1. The molecule has 0 aliphatic carbocycles. The molecule has 132 valence electrons. The Balaban J connectivity index is 0.00000288. The van der Waals surface area contributed by atoms with Crippen LogP contribution in [0.2, 0.25) is 5.02 Å². The number of carbonyl (C=O) groups is 1. The first-order chi connectivity index (χ1) is 11.0. The third-order valence-corrected chi connectivity index (χ3v) is 3.80. The van der Waals surface area contributed by atoms with E-state index in [-0.39, 0.29) is 24.2 Å². The first-order valence-electron chi connectivity index (χ1n) is 7.86. The molecule has 1 amide bonds. The third-order valence-electron chi connectivity index (χ3n) is 3.57. The van der Waals surface area contributed by atoms with Gasteiger partial charge < -0.3 is 11.1 Å². The van der Waals surface area contributed by atoms with Crippen LogP contribution in [-0.2, 0) is 0 Å². The summed E-state index contributed by atoms with van der Waals surface area (Å²) >= 11 is 6.06. The van der Waals surface area contributed by atoms with Crippen LogP contribution >= 0.6 is 24.0 Å². The molecule has 0 spiro atoms. The van der Waals surface area contributed by atoms with Gasteiger partial charge in [0.25, 0.3) is 5.91 Å². The maximum absolute atomic E-state index is 12.4. The number of halogens is 2. The lowest BCUT2D eigenvalue weighted by atomic mass is 10.0. The quantitative estimate of drug-likeness (QED) is 0.732. The molecular weight excluding hydrogens is 347 g/mol. The Morgan fingerprint density at radius 2 is 2.12 bits per heavy atom. The van der Waals surface area contributed by atoms with Crippen molar-refractivity contribution < 1.29 is 4.79 Å². The van der Waals surface area contributed by atoms with Crippen LogP contribution in [0, 0.1) is 0 Å². The average molecular weight is 371 g/mol. The number of hydrogen-bond acceptors (Lipinski definition) is 3. The molecule has 5 nitrogen and oxygen atoms in total. The van der Waals surface area contributed by atoms with Crippen LogP contribution in [0.5, 0.6) is 0 Å². The van der Waals surface area contributed by atoms with Crippen molar-refractivity contribution in [2.45, 2.75) is 32.6 Å². The maximum atomic E-state index is 12.4. The van der Waals surface area contributed by atoms with E-state index >= 15 is 0 Å². The molecule has 1 aromatic carbocycles. The average Bonchev–Trinajstić information content (AvgIpc) is 2.96. The molecule has 2 rings (SSSR count). The fraction of sp³-hybridized carbons (Fsp3) is 0.412. The molecule has 2 aromatic rings. The molecular formula is C17H24Cl2N4O. The van der Waals surface area contributed by atoms with Crippen molar-refractivity contribution in [2.24, 2.45) is 5.73 Å². The van der Waals surface area contributed by atoms with Crippen LogP contribution in [0.4, 0.5) is 0 Å². The van der Waals surface area contributed by atoms with Crippen LogP contribution in [0.15, 0.2) is 30.5 Å². The molecule has 0 aliphatic rings. The van der Waals surface area contributed by atoms with Crippen molar-refractivity contribution in [3.05, 3.63) is 46.7 Å². The van der Waals surface area contributed by atoms with Gasteiger partial charge in [-0.05, 0) is 43.5 Å². The van der Waals surface area contributed by atoms with Crippen molar-refractivity contribution in [1.29, 1.82) is 0 Å². The fourth-order valence-corrected chi connectivity index (χ4v) is 2.65. The summed E-state index contributed by atoms with van der Waals surface area (Å²) in [6.45, 7) is 5.35. The molecule has 3 N–H and O–H groups in total. The van der Waals surface area contributed by atoms with Gasteiger partial charge in [0.15, 0.2) is 0 Å². The molecule has 0 unspecified atom stereocenters. The summed E-state index contributed by atoms with van der Waals surface area (Å²) in [6.07, 6.45) is 3.40. The van der Waals surface area contributed by atoms with E-state index in [1.807, 2.05) is 38.1 Å². The SMILES string of the molecule is CC(C)c1c(C(=O)NCCCCN)cnn1-c1cccc(Cl)c1.Cl. The Hall–Kier alpha value is -1.56. The Morgan fingerprint density at radius 3 is 2.75 bits per heavy atom. The van der Waals surface area contributed by atoms with Gasteiger partial charge in [0.1, 0.15) is 0 Å². The topological polar surface area (TPSA) is 72.9 Å². The lowest BCUT2D eigenvalue weighted by molar-refractivity contribution is 0.0951. The number of benzene rings is 1. The Morgan fingerprint density at radius 1 is 1.38 bits per heavy atom. The number of nitrogens with one attached hydrogen (secondary N) is 1. The summed E-state index contributed by atoms with van der Waals surface area (Å²) in [5.74, 6) is 0.0558. The number of carbonyl (C=O) groups excluding carboxylic acids is 1. The molecule has 24 heavy (non-hydrogen) atoms. The van der Waals surface area contributed by atoms with E-state index in [2.05, 4.69) is 10.4 Å². The molecule has 0 saturated carbocycles. The number of aromatic nitrogens is 2. The van der Waals surface area contributed by atoms with Crippen molar-refractivity contribution in [1.82, 2.24) is 15.1 Å². The minimum atomic E-state index is -0.0981. The van der Waals surface area contributed by atoms with Crippen LogP contribution < -0.4 is 11.1 Å². The molecule has 7 heteroatoms. The third kappa shape index (κ3) is 4.97. The molecule has 0 atom stereocenters. The molecule has 0 radical (unpaired) electrons. The van der Waals surface area contributed by atoms with Gasteiger partial charge in [-0.2, -0.15) is 5.10 Å². The van der Waals surface area contributed by atoms with Crippen LogP contribution in [-0.4, -0.2) is 28.8 Å². The zero-order chi connectivity index (χ0) is 16.8. The van der Waals surface area contributed by atoms with Crippen LogP contribution in [0.1, 0.15) is 48.7 Å². The predicted octanol–water partition coefficient (Wildman–Crippen LogP) is 3.54. The first-order valence-corrected chi connectivity index (χ1v) is 8.24. The van der Waals surface area contributed by atoms with Crippen LogP contribution in [0.25, 0.3) is 5.69 Å². The summed E-state index contributed by atoms with van der Waals surface area (Å²) in [5, 5.41) is 7.96. The van der Waals surface area contributed by atoms with E-state index in [4.69, 9.17) is 17.3 Å². The molecule has 0 fully saturated rings. The van der Waals surface area contributed by atoms with Crippen molar-refractivity contribution >= 4 is 29.9 Å². The molecule has 0 aliphatic heterocycles. The van der Waals surface area contributed by atoms with Gasteiger partial charge in [-0.15, -0.1) is 12.4 Å². The summed E-state index contributed by atoms with van der Waals surface area (Å²) in [4.78, 5) is 12.4. The highest BCUT2D eigenvalue weighted by atomic mass is 35.5. The van der Waals surface area contributed by atoms with Gasteiger partial charge in [0.2, 0.25) is 0 Å².